The maximum Gasteiger partial charge on any atom is 0.189 e. The molecule has 5 heteroatoms. The molecule has 0 atom stereocenters. The topological polar surface area (TPSA) is 51.5 Å². The van der Waals surface area contributed by atoms with Gasteiger partial charge >= 0.3 is 0 Å². The third kappa shape index (κ3) is 6.20. The summed E-state index contributed by atoms with van der Waals surface area (Å²) in [6.07, 6.45) is 0. The molecular weight excluding hydrogens is 270 g/mol. The predicted octanol–water partition coefficient (Wildman–Crippen LogP) is 3.40. The third-order valence-corrected chi connectivity index (χ3v) is 4.51. The van der Waals surface area contributed by atoms with E-state index in [-0.39, 0.29) is 6.79 Å². The van der Waals surface area contributed by atoms with E-state index in [0.717, 1.165) is 18.2 Å². The molecule has 0 N–H and O–H groups in total. The zero-order valence-electron chi connectivity index (χ0n) is 12.7. The minimum Gasteiger partial charge on any atom is -0.468 e. The van der Waals surface area contributed by atoms with Crippen LogP contribution in [-0.2, 0) is 16.1 Å². The van der Waals surface area contributed by atoms with Crippen LogP contribution in [0.15, 0.2) is 18.2 Å². The lowest BCUT2D eigenvalue weighted by Gasteiger charge is -2.15. The predicted molar refractivity (Wildman–Crippen MR) is 81.5 cm³/mol. The molecule has 20 heavy (non-hydrogen) atoms. The Morgan fingerprint density at radius 3 is 2.60 bits per heavy atom. The van der Waals surface area contributed by atoms with Crippen molar-refractivity contribution in [3.05, 3.63) is 29.3 Å². The Balaban J connectivity index is 2.43. The molecule has 0 amide bonds. The second-order valence-corrected chi connectivity index (χ2v) is 11.5. The van der Waals surface area contributed by atoms with Crippen LogP contribution in [0.25, 0.3) is 0 Å². The Hall–Kier alpha value is -1.35. The summed E-state index contributed by atoms with van der Waals surface area (Å²) in [4.78, 5) is 0. The number of nitriles is 1. The van der Waals surface area contributed by atoms with Crippen molar-refractivity contribution >= 4 is 8.07 Å². The number of hydrogen-bond acceptors (Lipinski definition) is 4. The van der Waals surface area contributed by atoms with Crippen molar-refractivity contribution in [3.63, 3.8) is 0 Å². The average Bonchev–Trinajstić information content (AvgIpc) is 2.38. The fourth-order valence-corrected chi connectivity index (χ4v) is 2.33. The van der Waals surface area contributed by atoms with Crippen LogP contribution in [0.5, 0.6) is 5.75 Å². The van der Waals surface area contributed by atoms with Crippen molar-refractivity contribution in [2.24, 2.45) is 0 Å². The zero-order chi connectivity index (χ0) is 15.0. The summed E-state index contributed by atoms with van der Waals surface area (Å²) in [6, 6.07) is 8.66. The minimum absolute atomic E-state index is 0.221. The van der Waals surface area contributed by atoms with Crippen molar-refractivity contribution in [2.75, 3.05) is 20.5 Å². The Bertz CT molecular complexity index is 463. The minimum atomic E-state index is -1.06. The average molecular weight is 293 g/mol. The van der Waals surface area contributed by atoms with E-state index in [0.29, 0.717) is 17.9 Å². The van der Waals surface area contributed by atoms with Crippen LogP contribution in [0.2, 0.25) is 25.7 Å². The second-order valence-electron chi connectivity index (χ2n) is 5.84. The quantitative estimate of drug-likeness (QED) is 0.419. The number of benzene rings is 1. The molecule has 0 aliphatic rings. The summed E-state index contributed by atoms with van der Waals surface area (Å²) in [5.74, 6) is 0.648. The molecule has 4 nitrogen and oxygen atoms in total. The maximum atomic E-state index is 9.08. The lowest BCUT2D eigenvalue weighted by atomic mass is 10.1. The first-order valence-corrected chi connectivity index (χ1v) is 10.4. The monoisotopic (exact) mass is 293 g/mol. The first-order chi connectivity index (χ1) is 9.46. The van der Waals surface area contributed by atoms with Crippen molar-refractivity contribution < 1.29 is 14.2 Å². The van der Waals surface area contributed by atoms with Crippen LogP contribution in [0.4, 0.5) is 0 Å². The van der Waals surface area contributed by atoms with E-state index in [1.165, 1.54) is 0 Å². The molecule has 0 radical (unpaired) electrons. The first kappa shape index (κ1) is 16.7. The Labute approximate surface area is 122 Å². The molecule has 1 aromatic carbocycles. The van der Waals surface area contributed by atoms with Crippen molar-refractivity contribution in [1.29, 1.82) is 5.26 Å². The molecule has 0 heterocycles. The third-order valence-electron chi connectivity index (χ3n) is 2.81. The van der Waals surface area contributed by atoms with Gasteiger partial charge in [-0.3, -0.25) is 0 Å². The maximum absolute atomic E-state index is 9.08. The lowest BCUT2D eigenvalue weighted by molar-refractivity contribution is 0.0220. The molecule has 0 spiro atoms. The van der Waals surface area contributed by atoms with Crippen LogP contribution in [0, 0.1) is 11.3 Å². The molecule has 0 aliphatic carbocycles. The molecule has 0 aromatic heterocycles. The van der Waals surface area contributed by atoms with Crippen molar-refractivity contribution in [3.8, 4) is 11.8 Å². The Kier molecular flexibility index (Phi) is 6.72. The smallest absolute Gasteiger partial charge is 0.189 e. The van der Waals surface area contributed by atoms with Crippen molar-refractivity contribution in [1.82, 2.24) is 0 Å². The van der Waals surface area contributed by atoms with E-state index in [4.69, 9.17) is 19.5 Å². The molecule has 0 fully saturated rings. The Morgan fingerprint density at radius 1 is 1.25 bits per heavy atom. The molecule has 1 aromatic rings. The molecular formula is C15H23NO3Si. The van der Waals surface area contributed by atoms with E-state index in [1.807, 2.05) is 12.1 Å². The number of nitrogens with zero attached hydrogens (tertiary/aromatic N) is 1. The largest absolute Gasteiger partial charge is 0.468 e. The van der Waals surface area contributed by atoms with Crippen LogP contribution < -0.4 is 4.74 Å². The van der Waals surface area contributed by atoms with Gasteiger partial charge < -0.3 is 14.2 Å². The molecule has 0 saturated carbocycles. The molecule has 0 unspecified atom stereocenters. The van der Waals surface area contributed by atoms with Gasteiger partial charge in [0.05, 0.1) is 18.2 Å². The molecule has 0 saturated heterocycles. The summed E-state index contributed by atoms with van der Waals surface area (Å²) >= 11 is 0. The van der Waals surface area contributed by atoms with Gasteiger partial charge in [-0.2, -0.15) is 5.26 Å². The van der Waals surface area contributed by atoms with Crippen LogP contribution in [0.1, 0.15) is 11.1 Å². The highest BCUT2D eigenvalue weighted by atomic mass is 28.3. The van der Waals surface area contributed by atoms with Gasteiger partial charge in [-0.15, -0.1) is 0 Å². The van der Waals surface area contributed by atoms with E-state index in [1.54, 1.807) is 13.2 Å². The van der Waals surface area contributed by atoms with Gasteiger partial charge in [0, 0.05) is 21.8 Å². The molecule has 110 valence electrons. The van der Waals surface area contributed by atoms with E-state index < -0.39 is 8.07 Å². The standard InChI is InChI=1S/C15H23NO3Si/c1-17-11-13-5-6-15(9-14(13)10-16)19-12-18-7-8-20(2,3)4/h5-6,9H,7-8,11-12H2,1-4H3. The van der Waals surface area contributed by atoms with Gasteiger partial charge in [-0.1, -0.05) is 25.7 Å². The molecule has 1 rings (SSSR count). The number of methoxy groups -OCH3 is 1. The normalized spacial score (nSPS) is 11.2. The van der Waals surface area contributed by atoms with Crippen molar-refractivity contribution in [2.45, 2.75) is 32.3 Å². The highest BCUT2D eigenvalue weighted by Crippen LogP contribution is 2.18. The van der Waals surface area contributed by atoms with E-state index >= 15 is 0 Å². The summed E-state index contributed by atoms with van der Waals surface area (Å²) < 4.78 is 16.0. The van der Waals surface area contributed by atoms with E-state index in [2.05, 4.69) is 25.7 Å². The summed E-state index contributed by atoms with van der Waals surface area (Å²) in [7, 11) is 0.554. The van der Waals surface area contributed by atoms with Gasteiger partial charge in [0.2, 0.25) is 0 Å². The Morgan fingerprint density at radius 2 is 2.00 bits per heavy atom. The second kappa shape index (κ2) is 8.05. The highest BCUT2D eigenvalue weighted by molar-refractivity contribution is 6.76. The SMILES string of the molecule is COCc1ccc(OCOCC[Si](C)(C)C)cc1C#N. The highest BCUT2D eigenvalue weighted by Gasteiger charge is 2.12. The van der Waals surface area contributed by atoms with Crippen LogP contribution in [0.3, 0.4) is 0 Å². The van der Waals surface area contributed by atoms with Crippen LogP contribution >= 0.6 is 0 Å². The number of hydrogen-bond donors (Lipinski definition) is 0. The summed E-state index contributed by atoms with van der Waals surface area (Å²) in [6.45, 7) is 8.30. The summed E-state index contributed by atoms with van der Waals surface area (Å²) in [5, 5.41) is 9.08. The molecule has 0 aliphatic heterocycles. The fourth-order valence-electron chi connectivity index (χ4n) is 1.58. The molecule has 0 bridgehead atoms. The number of ether oxygens (including phenoxy) is 3. The van der Waals surface area contributed by atoms with Gasteiger partial charge in [-0.05, 0) is 23.7 Å². The van der Waals surface area contributed by atoms with Crippen LogP contribution in [-0.4, -0.2) is 28.6 Å². The van der Waals surface area contributed by atoms with E-state index in [9.17, 15) is 0 Å². The lowest BCUT2D eigenvalue weighted by Crippen LogP contribution is -2.22. The first-order valence-electron chi connectivity index (χ1n) is 6.69. The van der Waals surface area contributed by atoms with Gasteiger partial charge in [0.15, 0.2) is 6.79 Å². The fraction of sp³-hybridized carbons (Fsp3) is 0.533. The summed E-state index contributed by atoms with van der Waals surface area (Å²) in [5.41, 5.74) is 1.44. The van der Waals surface area contributed by atoms with Gasteiger partial charge in [-0.25, -0.2) is 0 Å². The van der Waals surface area contributed by atoms with Gasteiger partial charge in [0.25, 0.3) is 0 Å². The van der Waals surface area contributed by atoms with Gasteiger partial charge in [0.1, 0.15) is 5.75 Å². The zero-order valence-corrected chi connectivity index (χ0v) is 13.7. The number of rotatable bonds is 8.